The highest BCUT2D eigenvalue weighted by Crippen LogP contribution is 2.32. The minimum absolute atomic E-state index is 0.0526. The van der Waals surface area contributed by atoms with Gasteiger partial charge in [-0.1, -0.05) is 11.6 Å². The molecule has 3 aliphatic rings. The fourth-order valence-electron chi connectivity index (χ4n) is 4.57. The number of hydrogen-bond acceptors (Lipinski definition) is 4. The van der Waals surface area contributed by atoms with Gasteiger partial charge in [-0.15, -0.1) is 0 Å². The topological polar surface area (TPSA) is 73.0 Å². The van der Waals surface area contributed by atoms with Gasteiger partial charge in [0.1, 0.15) is 0 Å². The van der Waals surface area contributed by atoms with Crippen molar-refractivity contribution in [2.45, 2.75) is 44.1 Å². The number of likely N-dealkylation sites (tertiary alicyclic amines) is 2. The summed E-state index contributed by atoms with van der Waals surface area (Å²) < 4.78 is 27.5. The van der Waals surface area contributed by atoms with Gasteiger partial charge in [-0.3, -0.25) is 24.7 Å². The third kappa shape index (κ3) is 4.82. The second kappa shape index (κ2) is 8.70. The Balaban J connectivity index is 1.41. The van der Waals surface area contributed by atoms with Crippen molar-refractivity contribution in [1.29, 1.82) is 0 Å². The van der Waals surface area contributed by atoms with Crippen molar-refractivity contribution < 1.29 is 23.2 Å². The first kappa shape index (κ1) is 22.0. The number of hydrogen-bond donors (Lipinski definition) is 1. The monoisotopic (exact) mass is 454 g/mol. The van der Waals surface area contributed by atoms with Crippen LogP contribution in [0.3, 0.4) is 0 Å². The molecule has 0 atom stereocenters. The molecule has 10 heteroatoms. The predicted molar refractivity (Wildman–Crippen MR) is 112 cm³/mol. The number of nitrogens with zero attached hydrogens (tertiary/aromatic N) is 3. The Labute approximate surface area is 184 Å². The molecule has 31 heavy (non-hydrogen) atoms. The second-order valence-electron chi connectivity index (χ2n) is 8.37. The van der Waals surface area contributed by atoms with Gasteiger partial charge >= 0.3 is 6.03 Å². The molecule has 7 nitrogen and oxygen atoms in total. The number of nitrogens with one attached hydrogen (secondary N) is 1. The SMILES string of the molecule is O=C1CCN(c2cc(C(=O)N3CCC(N4CCCC(F)(F)C4)CC3)ccc2Cl)C(=O)N1. The van der Waals surface area contributed by atoms with Gasteiger partial charge in [-0.25, -0.2) is 13.6 Å². The summed E-state index contributed by atoms with van der Waals surface area (Å²) in [5, 5.41) is 2.56. The van der Waals surface area contributed by atoms with Gasteiger partial charge in [0.15, 0.2) is 0 Å². The molecule has 0 aromatic heterocycles. The standard InChI is InChI=1S/C21H25ClF2N4O3/c22-16-3-2-14(12-17(16)28-11-6-18(29)25-20(28)31)19(30)26-9-4-15(5-10-26)27-8-1-7-21(23,24)13-27/h2-3,12,15H,1,4-11,13H2,(H,25,29,31). The fraction of sp³-hybridized carbons (Fsp3) is 0.571. The lowest BCUT2D eigenvalue weighted by Gasteiger charge is -2.42. The van der Waals surface area contributed by atoms with Crippen molar-refractivity contribution in [2.75, 3.05) is 37.6 Å². The Hall–Kier alpha value is -2.26. The summed E-state index contributed by atoms with van der Waals surface area (Å²) in [6, 6.07) is 4.24. The average Bonchev–Trinajstić information content (AvgIpc) is 2.73. The predicted octanol–water partition coefficient (Wildman–Crippen LogP) is 3.12. The van der Waals surface area contributed by atoms with E-state index in [1.54, 1.807) is 23.1 Å². The molecule has 1 N–H and O–H groups in total. The number of halogens is 3. The van der Waals surface area contributed by atoms with E-state index < -0.39 is 12.0 Å². The van der Waals surface area contributed by atoms with Crippen LogP contribution in [0.4, 0.5) is 19.3 Å². The van der Waals surface area contributed by atoms with E-state index in [2.05, 4.69) is 5.32 Å². The van der Waals surface area contributed by atoms with Crippen LogP contribution in [0.15, 0.2) is 18.2 Å². The van der Waals surface area contributed by atoms with Gasteiger partial charge in [0, 0.05) is 44.1 Å². The van der Waals surface area contributed by atoms with Gasteiger partial charge in [-0.05, 0) is 44.0 Å². The summed E-state index contributed by atoms with van der Waals surface area (Å²) >= 11 is 6.25. The number of urea groups is 1. The number of imide groups is 1. The normalized spacial score (nSPS) is 23.1. The highest BCUT2D eigenvalue weighted by atomic mass is 35.5. The minimum Gasteiger partial charge on any atom is -0.339 e. The van der Waals surface area contributed by atoms with Crippen LogP contribution in [0.1, 0.15) is 42.5 Å². The zero-order valence-corrected chi connectivity index (χ0v) is 17.8. The molecule has 0 aliphatic carbocycles. The van der Waals surface area contributed by atoms with E-state index in [1.165, 1.54) is 4.90 Å². The van der Waals surface area contributed by atoms with Crippen molar-refractivity contribution in [3.63, 3.8) is 0 Å². The molecule has 0 bridgehead atoms. The molecule has 4 amide bonds. The molecule has 3 heterocycles. The van der Waals surface area contributed by atoms with E-state index in [4.69, 9.17) is 11.6 Å². The summed E-state index contributed by atoms with van der Waals surface area (Å²) in [7, 11) is 0. The maximum absolute atomic E-state index is 13.7. The molecule has 3 fully saturated rings. The number of anilines is 1. The highest BCUT2D eigenvalue weighted by Gasteiger charge is 2.39. The van der Waals surface area contributed by atoms with Crippen molar-refractivity contribution in [3.05, 3.63) is 28.8 Å². The number of alkyl halides is 2. The minimum atomic E-state index is -2.63. The van der Waals surface area contributed by atoms with Crippen LogP contribution in [0.5, 0.6) is 0 Å². The summed E-state index contributed by atoms with van der Waals surface area (Å²) in [6.07, 6.45) is 1.90. The second-order valence-corrected chi connectivity index (χ2v) is 8.78. The number of piperidine rings is 2. The lowest BCUT2D eigenvalue weighted by Crippen LogP contribution is -2.52. The van der Waals surface area contributed by atoms with E-state index in [9.17, 15) is 23.2 Å². The van der Waals surface area contributed by atoms with Crippen molar-refractivity contribution in [3.8, 4) is 0 Å². The molecule has 168 valence electrons. The first-order valence-corrected chi connectivity index (χ1v) is 10.9. The molecule has 1 aromatic rings. The average molecular weight is 455 g/mol. The maximum atomic E-state index is 13.7. The van der Waals surface area contributed by atoms with E-state index in [1.807, 2.05) is 4.90 Å². The van der Waals surface area contributed by atoms with Crippen LogP contribution in [0.25, 0.3) is 0 Å². The molecule has 3 aliphatic heterocycles. The lowest BCUT2D eigenvalue weighted by molar-refractivity contribution is -0.120. The third-order valence-electron chi connectivity index (χ3n) is 6.23. The van der Waals surface area contributed by atoms with Gasteiger partial charge in [0.05, 0.1) is 17.3 Å². The number of amides is 4. The highest BCUT2D eigenvalue weighted by molar-refractivity contribution is 6.34. The molecular weight excluding hydrogens is 430 g/mol. The lowest BCUT2D eigenvalue weighted by atomic mass is 9.98. The Bertz CT molecular complexity index is 889. The van der Waals surface area contributed by atoms with Crippen LogP contribution >= 0.6 is 11.6 Å². The Morgan fingerprint density at radius 1 is 1.13 bits per heavy atom. The largest absolute Gasteiger partial charge is 0.339 e. The van der Waals surface area contributed by atoms with Gasteiger partial charge < -0.3 is 4.90 Å². The first-order valence-electron chi connectivity index (χ1n) is 10.6. The Morgan fingerprint density at radius 3 is 2.55 bits per heavy atom. The molecular formula is C21H25ClF2N4O3. The zero-order chi connectivity index (χ0) is 22.2. The van der Waals surface area contributed by atoms with E-state index in [-0.39, 0.29) is 43.8 Å². The van der Waals surface area contributed by atoms with Crippen molar-refractivity contribution >= 4 is 35.1 Å². The van der Waals surface area contributed by atoms with E-state index in [0.29, 0.717) is 55.2 Å². The van der Waals surface area contributed by atoms with Crippen molar-refractivity contribution in [2.24, 2.45) is 0 Å². The molecule has 0 unspecified atom stereocenters. The van der Waals surface area contributed by atoms with Crippen LogP contribution in [-0.2, 0) is 4.79 Å². The number of rotatable bonds is 3. The molecule has 3 saturated heterocycles. The van der Waals surface area contributed by atoms with E-state index >= 15 is 0 Å². The van der Waals surface area contributed by atoms with Gasteiger partial charge in [0.2, 0.25) is 5.91 Å². The molecule has 0 spiro atoms. The zero-order valence-electron chi connectivity index (χ0n) is 17.1. The van der Waals surface area contributed by atoms with Crippen LogP contribution in [0, 0.1) is 0 Å². The van der Waals surface area contributed by atoms with Gasteiger partial charge in [0.25, 0.3) is 11.8 Å². The number of carbonyl (C=O) groups is 3. The fourth-order valence-corrected chi connectivity index (χ4v) is 4.79. The number of carbonyl (C=O) groups excluding carboxylic acids is 3. The quantitative estimate of drug-likeness (QED) is 0.761. The first-order chi connectivity index (χ1) is 14.7. The van der Waals surface area contributed by atoms with E-state index in [0.717, 1.165) is 0 Å². The van der Waals surface area contributed by atoms with Crippen LogP contribution in [-0.4, -0.2) is 72.3 Å². The summed E-state index contributed by atoms with van der Waals surface area (Å²) in [4.78, 5) is 41.5. The smallest absolute Gasteiger partial charge is 0.328 e. The maximum Gasteiger partial charge on any atom is 0.328 e. The van der Waals surface area contributed by atoms with Crippen LogP contribution in [0.2, 0.25) is 5.02 Å². The molecule has 0 radical (unpaired) electrons. The molecule has 0 saturated carbocycles. The summed E-state index contributed by atoms with van der Waals surface area (Å²) in [6.45, 7) is 1.64. The third-order valence-corrected chi connectivity index (χ3v) is 6.55. The Morgan fingerprint density at radius 2 is 1.87 bits per heavy atom. The van der Waals surface area contributed by atoms with Crippen molar-refractivity contribution in [1.82, 2.24) is 15.1 Å². The summed E-state index contributed by atoms with van der Waals surface area (Å²) in [5.74, 6) is -3.16. The van der Waals surface area contributed by atoms with Gasteiger partial charge in [-0.2, -0.15) is 0 Å². The van der Waals surface area contributed by atoms with Crippen LogP contribution < -0.4 is 10.2 Å². The number of benzene rings is 1. The summed E-state index contributed by atoms with van der Waals surface area (Å²) in [5.41, 5.74) is 0.773. The Kier molecular flexibility index (Phi) is 6.16. The molecule has 1 aromatic carbocycles. The molecule has 4 rings (SSSR count).